The number of amides is 2. The zero-order valence-corrected chi connectivity index (χ0v) is 20.4. The lowest BCUT2D eigenvalue weighted by molar-refractivity contribution is -0.120. The van der Waals surface area contributed by atoms with Crippen LogP contribution in [-0.2, 0) is 9.59 Å². The van der Waals surface area contributed by atoms with Gasteiger partial charge in [-0.1, -0.05) is 29.3 Å². The molecule has 1 N–H and O–H groups in total. The molecule has 178 valence electrons. The van der Waals surface area contributed by atoms with Crippen molar-refractivity contribution in [2.24, 2.45) is 0 Å². The molecule has 0 bridgehead atoms. The maximum absolute atomic E-state index is 13.5. The van der Waals surface area contributed by atoms with E-state index >= 15 is 0 Å². The van der Waals surface area contributed by atoms with E-state index in [1.54, 1.807) is 18.2 Å². The Kier molecular flexibility index (Phi) is 6.65. The Morgan fingerprint density at radius 3 is 2.29 bits per heavy atom. The van der Waals surface area contributed by atoms with E-state index < -0.39 is 23.6 Å². The summed E-state index contributed by atoms with van der Waals surface area (Å²) in [5.74, 6) is -2.23. The van der Waals surface area contributed by atoms with Crippen LogP contribution in [0.1, 0.15) is 27.0 Å². The van der Waals surface area contributed by atoms with E-state index in [1.807, 2.05) is 26.8 Å². The number of nitrogens with one attached hydrogen (secondary N) is 1. The number of anilines is 2. The molecule has 3 aromatic rings. The molecule has 1 heterocycles. The smallest absolute Gasteiger partial charge is 0.343 e. The zero-order valence-electron chi connectivity index (χ0n) is 18.9. The molecule has 0 atom stereocenters. The van der Waals surface area contributed by atoms with Gasteiger partial charge in [0.15, 0.2) is 0 Å². The molecule has 6 nitrogen and oxygen atoms in total. The van der Waals surface area contributed by atoms with Gasteiger partial charge >= 0.3 is 5.97 Å². The molecule has 4 rings (SSSR count). The predicted molar refractivity (Wildman–Crippen MR) is 132 cm³/mol. The van der Waals surface area contributed by atoms with E-state index in [4.69, 9.17) is 27.9 Å². The van der Waals surface area contributed by atoms with Crippen LogP contribution in [-0.4, -0.2) is 17.8 Å². The van der Waals surface area contributed by atoms with Crippen LogP contribution in [0.5, 0.6) is 5.75 Å². The SMILES string of the molecule is Cc1cc(C)c(C)c(OC(=O)c2ccc(NC3=C(Cl)C(=O)N(c4ccc(F)c(Cl)c4)C3=O)cc2)c1. The van der Waals surface area contributed by atoms with Crippen molar-refractivity contribution in [3.63, 3.8) is 0 Å². The summed E-state index contributed by atoms with van der Waals surface area (Å²) in [5.41, 5.74) is 3.52. The zero-order chi connectivity index (χ0) is 25.4. The second-order valence-electron chi connectivity index (χ2n) is 8.03. The highest BCUT2D eigenvalue weighted by atomic mass is 35.5. The molecule has 1 aliphatic heterocycles. The van der Waals surface area contributed by atoms with Gasteiger partial charge in [-0.2, -0.15) is 0 Å². The monoisotopic (exact) mass is 512 g/mol. The van der Waals surface area contributed by atoms with Crippen LogP contribution in [0.3, 0.4) is 0 Å². The molecule has 0 saturated heterocycles. The summed E-state index contributed by atoms with van der Waals surface area (Å²) in [5, 5.41) is 2.25. The van der Waals surface area contributed by atoms with Gasteiger partial charge in [0.05, 0.1) is 16.3 Å². The Morgan fingerprint density at radius 1 is 0.943 bits per heavy atom. The van der Waals surface area contributed by atoms with Crippen LogP contribution in [0.15, 0.2) is 65.3 Å². The molecule has 35 heavy (non-hydrogen) atoms. The van der Waals surface area contributed by atoms with Crippen LogP contribution >= 0.6 is 23.2 Å². The predicted octanol–water partition coefficient (Wildman–Crippen LogP) is 6.06. The normalized spacial score (nSPS) is 13.5. The number of ether oxygens (including phenoxy) is 1. The second-order valence-corrected chi connectivity index (χ2v) is 8.82. The van der Waals surface area contributed by atoms with E-state index in [0.29, 0.717) is 17.0 Å². The van der Waals surface area contributed by atoms with Crippen LogP contribution < -0.4 is 15.0 Å². The average molecular weight is 513 g/mol. The van der Waals surface area contributed by atoms with E-state index in [0.717, 1.165) is 33.7 Å². The third-order valence-corrected chi connectivity index (χ3v) is 6.19. The third-order valence-electron chi connectivity index (χ3n) is 5.55. The van der Waals surface area contributed by atoms with E-state index in [2.05, 4.69) is 5.32 Å². The molecule has 0 spiro atoms. The topological polar surface area (TPSA) is 75.7 Å². The summed E-state index contributed by atoms with van der Waals surface area (Å²) in [6, 6.07) is 13.4. The molecular formula is C26H19Cl2FN2O4. The van der Waals surface area contributed by atoms with Gasteiger partial charge < -0.3 is 10.1 Å². The number of carbonyl (C=O) groups is 3. The molecule has 0 fully saturated rings. The quantitative estimate of drug-likeness (QED) is 0.255. The van der Waals surface area contributed by atoms with Crippen LogP contribution in [0.25, 0.3) is 0 Å². The Labute approximate surface area is 210 Å². The second kappa shape index (κ2) is 9.52. The largest absolute Gasteiger partial charge is 0.423 e. The van der Waals surface area contributed by atoms with Crippen molar-refractivity contribution in [2.45, 2.75) is 20.8 Å². The molecule has 0 aromatic heterocycles. The first-order valence-corrected chi connectivity index (χ1v) is 11.2. The maximum atomic E-state index is 13.5. The lowest BCUT2D eigenvalue weighted by atomic mass is 10.1. The first-order chi connectivity index (χ1) is 16.6. The van der Waals surface area contributed by atoms with Gasteiger partial charge in [0.25, 0.3) is 11.8 Å². The molecule has 0 saturated carbocycles. The number of carbonyl (C=O) groups excluding carboxylic acids is 3. The third kappa shape index (κ3) is 4.78. The highest BCUT2D eigenvalue weighted by Gasteiger charge is 2.39. The summed E-state index contributed by atoms with van der Waals surface area (Å²) in [6.45, 7) is 5.75. The number of imide groups is 1. The molecule has 0 radical (unpaired) electrons. The highest BCUT2D eigenvalue weighted by Crippen LogP contribution is 2.32. The van der Waals surface area contributed by atoms with Crippen molar-refractivity contribution < 1.29 is 23.5 Å². The van der Waals surface area contributed by atoms with Crippen molar-refractivity contribution >= 4 is 52.4 Å². The minimum atomic E-state index is -0.772. The fourth-order valence-electron chi connectivity index (χ4n) is 3.57. The van der Waals surface area contributed by atoms with Crippen molar-refractivity contribution in [2.75, 3.05) is 10.2 Å². The van der Waals surface area contributed by atoms with Crippen molar-refractivity contribution in [1.29, 1.82) is 0 Å². The van der Waals surface area contributed by atoms with Crippen molar-refractivity contribution in [3.8, 4) is 5.75 Å². The Morgan fingerprint density at radius 2 is 1.63 bits per heavy atom. The summed E-state index contributed by atoms with van der Waals surface area (Å²) in [4.78, 5) is 38.9. The van der Waals surface area contributed by atoms with E-state index in [-0.39, 0.29) is 21.4 Å². The van der Waals surface area contributed by atoms with Crippen LogP contribution in [0.4, 0.5) is 15.8 Å². The standard InChI is InChI=1S/C26H19Cl2FN2O4/c1-13-10-14(2)15(3)21(11-13)35-26(34)16-4-6-17(7-5-16)30-23-22(28)24(32)31(25(23)33)18-8-9-20(29)19(27)12-18/h4-12,30H,1-3H3. The van der Waals surface area contributed by atoms with E-state index in [9.17, 15) is 18.8 Å². The van der Waals surface area contributed by atoms with Crippen LogP contribution in [0, 0.1) is 26.6 Å². The maximum Gasteiger partial charge on any atom is 0.343 e. The lowest BCUT2D eigenvalue weighted by Crippen LogP contribution is -2.32. The number of hydrogen-bond donors (Lipinski definition) is 1. The summed E-state index contributed by atoms with van der Waals surface area (Å²) in [6.07, 6.45) is 0. The number of nitrogens with zero attached hydrogens (tertiary/aromatic N) is 1. The van der Waals surface area contributed by atoms with Gasteiger partial charge in [0.1, 0.15) is 22.3 Å². The number of aryl methyl sites for hydroxylation is 2. The molecule has 3 aromatic carbocycles. The molecule has 9 heteroatoms. The van der Waals surface area contributed by atoms with Gasteiger partial charge in [0, 0.05) is 5.69 Å². The van der Waals surface area contributed by atoms with Gasteiger partial charge in [-0.05, 0) is 86.0 Å². The minimum Gasteiger partial charge on any atom is -0.423 e. The minimum absolute atomic E-state index is 0.0844. The Balaban J connectivity index is 1.50. The van der Waals surface area contributed by atoms with Crippen molar-refractivity contribution in [3.05, 3.63) is 98.4 Å². The van der Waals surface area contributed by atoms with E-state index in [1.165, 1.54) is 18.2 Å². The fourth-order valence-corrected chi connectivity index (χ4v) is 3.96. The Bertz CT molecular complexity index is 1420. The number of rotatable bonds is 5. The van der Waals surface area contributed by atoms with Crippen molar-refractivity contribution in [1.82, 2.24) is 0 Å². The summed E-state index contributed by atoms with van der Waals surface area (Å²) in [7, 11) is 0. The highest BCUT2D eigenvalue weighted by molar-refractivity contribution is 6.53. The molecule has 0 unspecified atom stereocenters. The summed E-state index contributed by atoms with van der Waals surface area (Å²) >= 11 is 11.9. The lowest BCUT2D eigenvalue weighted by Gasteiger charge is -2.15. The summed E-state index contributed by atoms with van der Waals surface area (Å²) < 4.78 is 19.0. The van der Waals surface area contributed by atoms with Crippen LogP contribution in [0.2, 0.25) is 5.02 Å². The number of esters is 1. The van der Waals surface area contributed by atoms with Gasteiger partial charge in [0.2, 0.25) is 0 Å². The van der Waals surface area contributed by atoms with Gasteiger partial charge in [-0.3, -0.25) is 9.59 Å². The average Bonchev–Trinajstić information content (AvgIpc) is 3.02. The molecular weight excluding hydrogens is 494 g/mol. The molecule has 1 aliphatic rings. The number of hydrogen-bond acceptors (Lipinski definition) is 5. The van der Waals surface area contributed by atoms with Gasteiger partial charge in [-0.15, -0.1) is 0 Å². The Hall–Kier alpha value is -3.68. The number of benzene rings is 3. The number of halogens is 3. The fraction of sp³-hybridized carbons (Fsp3) is 0.115. The molecule has 0 aliphatic carbocycles. The van der Waals surface area contributed by atoms with Gasteiger partial charge in [-0.25, -0.2) is 14.1 Å². The first kappa shape index (κ1) is 24.4. The first-order valence-electron chi connectivity index (χ1n) is 10.5. The molecule has 2 amide bonds.